The van der Waals surface area contributed by atoms with Gasteiger partial charge in [0.25, 0.3) is 0 Å². The van der Waals surface area contributed by atoms with Crippen LogP contribution in [0.15, 0.2) is 0 Å². The monoisotopic (exact) mass is 133 g/mol. The lowest BCUT2D eigenvalue weighted by Crippen LogP contribution is -2.44. The third kappa shape index (κ3) is 1.40. The van der Waals surface area contributed by atoms with Crippen LogP contribution in [0.25, 0.3) is 0 Å². The van der Waals surface area contributed by atoms with Crippen LogP contribution in [-0.2, 0) is 4.74 Å². The molecule has 0 amide bonds. The summed E-state index contributed by atoms with van der Waals surface area (Å²) >= 11 is 0. The Bertz CT molecular complexity index is 85.0. The number of hydrogen-bond acceptors (Lipinski definition) is 4. The van der Waals surface area contributed by atoms with Crippen LogP contribution in [0.4, 0.5) is 0 Å². The second-order valence-corrected chi connectivity index (χ2v) is 2.02. The van der Waals surface area contributed by atoms with E-state index in [1.54, 1.807) is 0 Å². The fourth-order valence-electron chi connectivity index (χ4n) is 0.659. The van der Waals surface area contributed by atoms with E-state index in [0.717, 1.165) is 6.61 Å². The van der Waals surface area contributed by atoms with Crippen LogP contribution in [0, 0.1) is 6.61 Å². The molecule has 9 heavy (non-hydrogen) atoms. The number of aliphatic hydroxyl groups is 3. The lowest BCUT2D eigenvalue weighted by molar-refractivity contribution is -0.124. The highest BCUT2D eigenvalue weighted by Crippen LogP contribution is 2.10. The van der Waals surface area contributed by atoms with Gasteiger partial charge in [0, 0.05) is 0 Å². The summed E-state index contributed by atoms with van der Waals surface area (Å²) in [5.41, 5.74) is 0. The topological polar surface area (TPSA) is 69.9 Å². The lowest BCUT2D eigenvalue weighted by atomic mass is 10.1. The molecule has 0 saturated carbocycles. The predicted octanol–water partition coefficient (Wildman–Crippen LogP) is -1.74. The van der Waals surface area contributed by atoms with Gasteiger partial charge in [0.2, 0.25) is 0 Å². The van der Waals surface area contributed by atoms with Gasteiger partial charge < -0.3 is 20.1 Å². The van der Waals surface area contributed by atoms with Gasteiger partial charge in [-0.1, -0.05) is 0 Å². The number of ether oxygens (including phenoxy) is 1. The molecule has 4 nitrogen and oxygen atoms in total. The first-order chi connectivity index (χ1) is 4.22. The minimum Gasteiger partial charge on any atom is -0.388 e. The molecule has 3 N–H and O–H groups in total. The minimum absolute atomic E-state index is 0.0538. The molecule has 3 atom stereocenters. The Morgan fingerprint density at radius 1 is 1.33 bits per heavy atom. The van der Waals surface area contributed by atoms with E-state index in [1.807, 2.05) is 0 Å². The maximum absolute atomic E-state index is 8.83. The SMILES string of the molecule is O[C@@H]1[C@H](O)CO[CH][C@@H]1O. The summed E-state index contributed by atoms with van der Waals surface area (Å²) in [5.74, 6) is 0. The van der Waals surface area contributed by atoms with Crippen molar-refractivity contribution >= 4 is 0 Å². The summed E-state index contributed by atoms with van der Waals surface area (Å²) in [6.07, 6.45) is -3.13. The Hall–Kier alpha value is -0.160. The first-order valence-electron chi connectivity index (χ1n) is 2.71. The van der Waals surface area contributed by atoms with Crippen molar-refractivity contribution in [3.63, 3.8) is 0 Å². The molecule has 1 rings (SSSR count). The Labute approximate surface area is 52.7 Å². The summed E-state index contributed by atoms with van der Waals surface area (Å²) in [4.78, 5) is 0. The molecule has 1 saturated heterocycles. The molecule has 0 aromatic carbocycles. The van der Waals surface area contributed by atoms with E-state index in [9.17, 15) is 0 Å². The fourth-order valence-corrected chi connectivity index (χ4v) is 0.659. The van der Waals surface area contributed by atoms with Gasteiger partial charge in [-0.15, -0.1) is 0 Å². The molecule has 1 radical (unpaired) electrons. The van der Waals surface area contributed by atoms with E-state index in [0.29, 0.717) is 0 Å². The lowest BCUT2D eigenvalue weighted by Gasteiger charge is -2.27. The standard InChI is InChI=1S/C5H9O4/c6-3-1-9-2-4(7)5(3)8/h1,3-8H,2H2/t3-,4+,5-/m0/s1. The quantitative estimate of drug-likeness (QED) is 0.367. The van der Waals surface area contributed by atoms with Crippen LogP contribution in [0.2, 0.25) is 0 Å². The Morgan fingerprint density at radius 2 is 2.00 bits per heavy atom. The molecule has 0 unspecified atom stereocenters. The Kier molecular flexibility index (Phi) is 2.02. The molecule has 0 aliphatic carbocycles. The van der Waals surface area contributed by atoms with Crippen molar-refractivity contribution < 1.29 is 20.1 Å². The van der Waals surface area contributed by atoms with Gasteiger partial charge in [0.05, 0.1) is 6.61 Å². The third-order valence-electron chi connectivity index (χ3n) is 1.25. The second-order valence-electron chi connectivity index (χ2n) is 2.02. The van der Waals surface area contributed by atoms with E-state index >= 15 is 0 Å². The fraction of sp³-hybridized carbons (Fsp3) is 0.800. The van der Waals surface area contributed by atoms with Gasteiger partial charge in [0.1, 0.15) is 24.9 Å². The summed E-state index contributed by atoms with van der Waals surface area (Å²) in [6.45, 7) is 1.16. The molecule has 53 valence electrons. The van der Waals surface area contributed by atoms with Crippen LogP contribution < -0.4 is 0 Å². The van der Waals surface area contributed by atoms with Crippen molar-refractivity contribution in [2.24, 2.45) is 0 Å². The Morgan fingerprint density at radius 3 is 2.44 bits per heavy atom. The molecule has 1 fully saturated rings. The highest BCUT2D eigenvalue weighted by Gasteiger charge is 2.29. The smallest absolute Gasteiger partial charge is 0.115 e. The van der Waals surface area contributed by atoms with Crippen molar-refractivity contribution in [3.8, 4) is 0 Å². The van der Waals surface area contributed by atoms with Gasteiger partial charge >= 0.3 is 0 Å². The van der Waals surface area contributed by atoms with Crippen LogP contribution in [0.3, 0.4) is 0 Å². The molecule has 0 bridgehead atoms. The van der Waals surface area contributed by atoms with Crippen LogP contribution in [0.5, 0.6) is 0 Å². The highest BCUT2D eigenvalue weighted by molar-refractivity contribution is 4.85. The first-order valence-corrected chi connectivity index (χ1v) is 2.71. The van der Waals surface area contributed by atoms with Crippen LogP contribution >= 0.6 is 0 Å². The van der Waals surface area contributed by atoms with Gasteiger partial charge in [0.15, 0.2) is 0 Å². The highest BCUT2D eigenvalue weighted by atomic mass is 16.5. The molecular formula is C5H9O4. The molecular weight excluding hydrogens is 124 g/mol. The maximum Gasteiger partial charge on any atom is 0.115 e. The summed E-state index contributed by atoms with van der Waals surface area (Å²) in [5, 5.41) is 26.4. The van der Waals surface area contributed by atoms with Crippen molar-refractivity contribution in [1.29, 1.82) is 0 Å². The molecule has 0 spiro atoms. The van der Waals surface area contributed by atoms with Gasteiger partial charge in [-0.25, -0.2) is 0 Å². The second kappa shape index (κ2) is 2.62. The van der Waals surface area contributed by atoms with Gasteiger partial charge in [-0.05, 0) is 0 Å². The maximum atomic E-state index is 8.83. The van der Waals surface area contributed by atoms with E-state index in [-0.39, 0.29) is 6.61 Å². The normalized spacial score (nSPS) is 45.0. The molecule has 1 heterocycles. The molecule has 1 aliphatic heterocycles. The zero-order valence-electron chi connectivity index (χ0n) is 4.77. The predicted molar refractivity (Wildman–Crippen MR) is 28.3 cm³/mol. The zero-order valence-corrected chi connectivity index (χ0v) is 4.77. The van der Waals surface area contributed by atoms with E-state index in [4.69, 9.17) is 15.3 Å². The summed E-state index contributed by atoms with van der Waals surface area (Å²) in [7, 11) is 0. The largest absolute Gasteiger partial charge is 0.388 e. The third-order valence-corrected chi connectivity index (χ3v) is 1.25. The zero-order chi connectivity index (χ0) is 6.85. The van der Waals surface area contributed by atoms with Crippen molar-refractivity contribution in [1.82, 2.24) is 0 Å². The summed E-state index contributed by atoms with van der Waals surface area (Å²) < 4.78 is 4.58. The van der Waals surface area contributed by atoms with Gasteiger partial charge in [-0.2, -0.15) is 0 Å². The molecule has 0 aromatic heterocycles. The van der Waals surface area contributed by atoms with Crippen molar-refractivity contribution in [2.45, 2.75) is 18.3 Å². The molecule has 0 aromatic rings. The molecule has 4 heteroatoms. The number of hydrogen-bond donors (Lipinski definition) is 3. The van der Waals surface area contributed by atoms with Gasteiger partial charge in [-0.3, -0.25) is 0 Å². The van der Waals surface area contributed by atoms with E-state index < -0.39 is 18.3 Å². The van der Waals surface area contributed by atoms with Crippen molar-refractivity contribution in [3.05, 3.63) is 6.61 Å². The average molecular weight is 133 g/mol. The minimum atomic E-state index is -1.10. The first kappa shape index (κ1) is 6.95. The average Bonchev–Trinajstić information content (AvgIpc) is 1.83. The van der Waals surface area contributed by atoms with Crippen LogP contribution in [-0.4, -0.2) is 40.2 Å². The molecule has 1 aliphatic rings. The van der Waals surface area contributed by atoms with Crippen LogP contribution in [0.1, 0.15) is 0 Å². The van der Waals surface area contributed by atoms with E-state index in [1.165, 1.54) is 0 Å². The van der Waals surface area contributed by atoms with Crippen molar-refractivity contribution in [2.75, 3.05) is 6.61 Å². The number of rotatable bonds is 0. The number of aliphatic hydroxyl groups excluding tert-OH is 3. The summed E-state index contributed by atoms with van der Waals surface area (Å²) in [6, 6.07) is 0. The van der Waals surface area contributed by atoms with E-state index in [2.05, 4.69) is 4.74 Å². The Balaban J connectivity index is 2.41.